The van der Waals surface area contributed by atoms with Crippen molar-refractivity contribution in [3.63, 3.8) is 0 Å². The number of hydrogen-bond donors (Lipinski definition) is 1. The van der Waals surface area contributed by atoms with Crippen LogP contribution in [0, 0.1) is 0 Å². The molecule has 1 aromatic carbocycles. The highest BCUT2D eigenvalue weighted by Crippen LogP contribution is 2.00. The van der Waals surface area contributed by atoms with Crippen LogP contribution >= 0.6 is 12.2 Å². The third-order valence-corrected chi connectivity index (χ3v) is 2.16. The molecule has 0 aliphatic heterocycles. The van der Waals surface area contributed by atoms with Gasteiger partial charge in [-0.1, -0.05) is 30.3 Å². The number of hydrogen-bond acceptors (Lipinski definition) is 4. The number of benzene rings is 1. The average molecular weight is 253 g/mol. The summed E-state index contributed by atoms with van der Waals surface area (Å²) < 4.78 is 10.0. The molecule has 0 fully saturated rings. The largest absolute Gasteiger partial charge is 0.485 e. The Balaban J connectivity index is 2.20. The van der Waals surface area contributed by atoms with Gasteiger partial charge in [-0.05, 0) is 24.7 Å². The molecule has 0 aliphatic rings. The first-order valence-corrected chi connectivity index (χ1v) is 5.73. The van der Waals surface area contributed by atoms with Crippen molar-refractivity contribution in [1.82, 2.24) is 5.32 Å². The second-order valence-electron chi connectivity index (χ2n) is 3.22. The maximum Gasteiger partial charge on any atom is 0.407 e. The molecule has 0 aliphatic carbocycles. The second kappa shape index (κ2) is 7.62. The van der Waals surface area contributed by atoms with E-state index in [2.05, 4.69) is 5.32 Å². The zero-order valence-corrected chi connectivity index (χ0v) is 10.5. The van der Waals surface area contributed by atoms with Gasteiger partial charge in [-0.25, -0.2) is 4.79 Å². The minimum Gasteiger partial charge on any atom is -0.485 e. The molecule has 17 heavy (non-hydrogen) atoms. The van der Waals surface area contributed by atoms with Crippen LogP contribution in [-0.4, -0.2) is 24.3 Å². The molecule has 4 nitrogen and oxygen atoms in total. The summed E-state index contributed by atoms with van der Waals surface area (Å²) in [5.41, 5.74) is 0.940. The van der Waals surface area contributed by atoms with Crippen LogP contribution < -0.4 is 5.32 Å². The average Bonchev–Trinajstić information content (AvgIpc) is 2.35. The van der Waals surface area contributed by atoms with Crippen LogP contribution in [0.2, 0.25) is 0 Å². The van der Waals surface area contributed by atoms with Crippen LogP contribution in [0.25, 0.3) is 0 Å². The van der Waals surface area contributed by atoms with Gasteiger partial charge in [0.05, 0.1) is 13.2 Å². The van der Waals surface area contributed by atoms with Crippen molar-refractivity contribution in [2.75, 3.05) is 13.2 Å². The molecule has 5 heteroatoms. The number of thiocarbonyl (C=S) groups is 1. The van der Waals surface area contributed by atoms with Gasteiger partial charge in [-0.3, -0.25) is 0 Å². The Labute approximate surface area is 106 Å². The molecule has 0 spiro atoms. The Hall–Kier alpha value is -1.62. The molecule has 1 N–H and O–H groups in total. The first-order valence-electron chi connectivity index (χ1n) is 5.32. The number of alkyl carbamates (subject to hydrolysis) is 1. The van der Waals surface area contributed by atoms with E-state index >= 15 is 0 Å². The van der Waals surface area contributed by atoms with E-state index in [-0.39, 0.29) is 13.2 Å². The van der Waals surface area contributed by atoms with E-state index in [1.807, 2.05) is 37.3 Å². The lowest BCUT2D eigenvalue weighted by atomic mass is 10.2. The number of amides is 1. The van der Waals surface area contributed by atoms with Gasteiger partial charge in [0.2, 0.25) is 0 Å². The van der Waals surface area contributed by atoms with E-state index in [0.717, 1.165) is 5.56 Å². The Bertz CT molecular complexity index is 367. The van der Waals surface area contributed by atoms with Crippen molar-refractivity contribution < 1.29 is 14.3 Å². The molecule has 1 rings (SSSR count). The zero-order valence-electron chi connectivity index (χ0n) is 9.64. The lowest BCUT2D eigenvalue weighted by molar-refractivity contribution is 0.140. The molecule has 0 atom stereocenters. The van der Waals surface area contributed by atoms with Gasteiger partial charge in [-0.2, -0.15) is 0 Å². The fourth-order valence-electron chi connectivity index (χ4n) is 1.13. The van der Waals surface area contributed by atoms with E-state index in [1.165, 1.54) is 0 Å². The van der Waals surface area contributed by atoms with Crippen molar-refractivity contribution >= 4 is 23.4 Å². The molecule has 92 valence electrons. The molecule has 0 aromatic heterocycles. The van der Waals surface area contributed by atoms with Crippen molar-refractivity contribution in [3.05, 3.63) is 35.9 Å². The van der Waals surface area contributed by atoms with Crippen molar-refractivity contribution in [1.29, 1.82) is 0 Å². The number of ether oxygens (including phenoxy) is 2. The standard InChI is InChI=1S/C12H15NO3S/c1-2-15-11(17)8-13-12(14)16-9-10-6-4-3-5-7-10/h3-7H,2,8-9H2,1H3,(H,13,14). The van der Waals surface area contributed by atoms with Crippen molar-refractivity contribution in [2.45, 2.75) is 13.5 Å². The lowest BCUT2D eigenvalue weighted by Crippen LogP contribution is -2.30. The summed E-state index contributed by atoms with van der Waals surface area (Å²) >= 11 is 4.86. The van der Waals surface area contributed by atoms with Crippen molar-refractivity contribution in [3.8, 4) is 0 Å². The Morgan fingerprint density at radius 1 is 1.29 bits per heavy atom. The molecule has 0 saturated heterocycles. The zero-order chi connectivity index (χ0) is 12.5. The predicted molar refractivity (Wildman–Crippen MR) is 68.9 cm³/mol. The number of carbonyl (C=O) groups excluding carboxylic acids is 1. The smallest absolute Gasteiger partial charge is 0.407 e. The van der Waals surface area contributed by atoms with Crippen LogP contribution in [0.3, 0.4) is 0 Å². The summed E-state index contributed by atoms with van der Waals surface area (Å²) in [4.78, 5) is 11.3. The molecule has 0 saturated carbocycles. The predicted octanol–water partition coefficient (Wildman–Crippen LogP) is 2.28. The summed E-state index contributed by atoms with van der Waals surface area (Å²) in [6, 6.07) is 9.46. The van der Waals surface area contributed by atoms with Crippen molar-refractivity contribution in [2.24, 2.45) is 0 Å². The van der Waals surface area contributed by atoms with Gasteiger partial charge < -0.3 is 14.8 Å². The minimum atomic E-state index is -0.504. The maximum atomic E-state index is 11.3. The third kappa shape index (κ3) is 5.87. The Kier molecular flexibility index (Phi) is 6.03. The summed E-state index contributed by atoms with van der Waals surface area (Å²) in [5.74, 6) is 0. The van der Waals surface area contributed by atoms with E-state index in [9.17, 15) is 4.79 Å². The third-order valence-electron chi connectivity index (χ3n) is 1.90. The Morgan fingerprint density at radius 2 is 2.00 bits per heavy atom. The van der Waals surface area contributed by atoms with Gasteiger partial charge >= 0.3 is 6.09 Å². The van der Waals surface area contributed by atoms with E-state index in [0.29, 0.717) is 11.7 Å². The van der Waals surface area contributed by atoms with E-state index < -0.39 is 6.09 Å². The van der Waals surface area contributed by atoms with Gasteiger partial charge in [0, 0.05) is 0 Å². The molecule has 1 amide bonds. The molecular formula is C12H15NO3S. The van der Waals surface area contributed by atoms with Crippen LogP contribution in [-0.2, 0) is 16.1 Å². The fourth-order valence-corrected chi connectivity index (χ4v) is 1.32. The molecule has 0 bridgehead atoms. The number of rotatable bonds is 5. The van der Waals surface area contributed by atoms with Gasteiger partial charge in [0.1, 0.15) is 6.61 Å². The second-order valence-corrected chi connectivity index (χ2v) is 3.68. The van der Waals surface area contributed by atoms with Crippen LogP contribution in [0.4, 0.5) is 4.79 Å². The SMILES string of the molecule is CCOC(=S)CNC(=O)OCc1ccccc1. The summed E-state index contributed by atoms with van der Waals surface area (Å²) in [5, 5.41) is 2.86. The highest BCUT2D eigenvalue weighted by molar-refractivity contribution is 7.80. The first kappa shape index (κ1) is 13.4. The topological polar surface area (TPSA) is 47.6 Å². The fraction of sp³-hybridized carbons (Fsp3) is 0.333. The molecule has 0 radical (unpaired) electrons. The maximum absolute atomic E-state index is 11.3. The molecule has 0 unspecified atom stereocenters. The highest BCUT2D eigenvalue weighted by atomic mass is 32.1. The van der Waals surface area contributed by atoms with Crippen LogP contribution in [0.5, 0.6) is 0 Å². The van der Waals surface area contributed by atoms with E-state index in [4.69, 9.17) is 21.7 Å². The summed E-state index contributed by atoms with van der Waals surface area (Å²) in [6.07, 6.45) is -0.504. The Morgan fingerprint density at radius 3 is 2.65 bits per heavy atom. The van der Waals surface area contributed by atoms with Gasteiger partial charge in [-0.15, -0.1) is 0 Å². The first-order chi connectivity index (χ1) is 8.22. The lowest BCUT2D eigenvalue weighted by Gasteiger charge is -2.08. The van der Waals surface area contributed by atoms with Gasteiger partial charge in [0.15, 0.2) is 5.05 Å². The minimum absolute atomic E-state index is 0.191. The quantitative estimate of drug-likeness (QED) is 0.818. The van der Waals surface area contributed by atoms with Crippen LogP contribution in [0.15, 0.2) is 30.3 Å². The van der Waals surface area contributed by atoms with E-state index in [1.54, 1.807) is 0 Å². The number of carbonyl (C=O) groups is 1. The monoisotopic (exact) mass is 253 g/mol. The molecule has 0 heterocycles. The van der Waals surface area contributed by atoms with Crippen LogP contribution in [0.1, 0.15) is 12.5 Å². The highest BCUT2D eigenvalue weighted by Gasteiger charge is 2.04. The normalized spacial score (nSPS) is 9.47. The summed E-state index contributed by atoms with van der Waals surface area (Å²) in [6.45, 7) is 2.77. The van der Waals surface area contributed by atoms with Gasteiger partial charge in [0.25, 0.3) is 0 Å². The summed E-state index contributed by atoms with van der Waals surface area (Å²) in [7, 11) is 0. The molecular weight excluding hydrogens is 238 g/mol. The molecule has 1 aromatic rings. The number of nitrogens with one attached hydrogen (secondary N) is 1.